The fourth-order valence-corrected chi connectivity index (χ4v) is 3.92. The molecule has 2 rings (SSSR count). The predicted molar refractivity (Wildman–Crippen MR) is 79.3 cm³/mol. The Morgan fingerprint density at radius 1 is 1.47 bits per heavy atom. The third-order valence-electron chi connectivity index (χ3n) is 3.29. The topological polar surface area (TPSA) is 72.0 Å². The van der Waals surface area contributed by atoms with Gasteiger partial charge in [0.2, 0.25) is 5.28 Å². The number of anilines is 1. The largest absolute Gasteiger partial charge is 0.366 e. The zero-order valence-corrected chi connectivity index (χ0v) is 13.6. The second-order valence-corrected chi connectivity index (χ2v) is 8.31. The fourth-order valence-electron chi connectivity index (χ4n) is 2.31. The number of aromatic nitrogens is 2. The van der Waals surface area contributed by atoms with E-state index in [4.69, 9.17) is 11.6 Å². The molecular formula is C11H15BrClN3O2S. The summed E-state index contributed by atoms with van der Waals surface area (Å²) >= 11 is 9.10. The molecule has 106 valence electrons. The summed E-state index contributed by atoms with van der Waals surface area (Å²) in [5, 5.41) is 3.14. The van der Waals surface area contributed by atoms with Crippen molar-refractivity contribution in [2.75, 3.05) is 11.6 Å². The van der Waals surface area contributed by atoms with Crippen LogP contribution in [0.3, 0.4) is 0 Å². The van der Waals surface area contributed by atoms with Crippen molar-refractivity contribution in [3.63, 3.8) is 0 Å². The average Bonchev–Trinajstić information content (AvgIpc) is 2.33. The normalized spacial score (nSPS) is 24.2. The van der Waals surface area contributed by atoms with Gasteiger partial charge in [0.15, 0.2) is 0 Å². The van der Waals surface area contributed by atoms with Gasteiger partial charge in [-0.3, -0.25) is 0 Å². The lowest BCUT2D eigenvalue weighted by molar-refractivity contribution is 0.452. The van der Waals surface area contributed by atoms with Crippen molar-refractivity contribution in [3.05, 3.63) is 16.0 Å². The molecule has 5 nitrogen and oxygen atoms in total. The number of nitrogens with zero attached hydrogens (tertiary/aromatic N) is 2. The molecule has 1 aromatic rings. The van der Waals surface area contributed by atoms with Gasteiger partial charge in [0.05, 0.1) is 9.72 Å². The van der Waals surface area contributed by atoms with Crippen LogP contribution in [0.4, 0.5) is 5.82 Å². The lowest BCUT2D eigenvalue weighted by atomic mass is 9.95. The summed E-state index contributed by atoms with van der Waals surface area (Å²) in [5.41, 5.74) is 0. The Labute approximate surface area is 126 Å². The molecule has 1 heterocycles. The van der Waals surface area contributed by atoms with E-state index in [0.29, 0.717) is 12.2 Å². The maximum atomic E-state index is 11.6. The molecule has 1 saturated carbocycles. The van der Waals surface area contributed by atoms with Crippen LogP contribution in [0.25, 0.3) is 0 Å². The van der Waals surface area contributed by atoms with Crippen molar-refractivity contribution < 1.29 is 8.42 Å². The zero-order valence-electron chi connectivity index (χ0n) is 10.4. The highest BCUT2D eigenvalue weighted by Crippen LogP contribution is 2.28. The molecule has 19 heavy (non-hydrogen) atoms. The second-order valence-electron chi connectivity index (χ2n) is 4.79. The SMILES string of the molecule is CS(=O)(=O)C1CCC[C@H](Nc2nc(Cl)ncc2Br)C1. The maximum absolute atomic E-state index is 11.6. The van der Waals surface area contributed by atoms with Crippen molar-refractivity contribution in [2.24, 2.45) is 0 Å². The molecule has 0 radical (unpaired) electrons. The summed E-state index contributed by atoms with van der Waals surface area (Å²) < 4.78 is 24.0. The summed E-state index contributed by atoms with van der Waals surface area (Å²) in [4.78, 5) is 7.96. The summed E-state index contributed by atoms with van der Waals surface area (Å²) in [6, 6.07) is 0.0933. The lowest BCUT2D eigenvalue weighted by Gasteiger charge is -2.29. The van der Waals surface area contributed by atoms with E-state index in [1.165, 1.54) is 6.26 Å². The van der Waals surface area contributed by atoms with Crippen molar-refractivity contribution in [3.8, 4) is 0 Å². The van der Waals surface area contributed by atoms with Crippen LogP contribution in [0, 0.1) is 0 Å². The second kappa shape index (κ2) is 5.93. The molecule has 8 heteroatoms. The Morgan fingerprint density at radius 2 is 2.21 bits per heavy atom. The van der Waals surface area contributed by atoms with Crippen LogP contribution >= 0.6 is 27.5 Å². The third kappa shape index (κ3) is 4.03. The van der Waals surface area contributed by atoms with E-state index in [1.807, 2.05) is 0 Å². The van der Waals surface area contributed by atoms with E-state index in [-0.39, 0.29) is 16.6 Å². The highest BCUT2D eigenvalue weighted by molar-refractivity contribution is 9.10. The first-order chi connectivity index (χ1) is 8.86. The van der Waals surface area contributed by atoms with Gasteiger partial charge in [0.25, 0.3) is 0 Å². The van der Waals surface area contributed by atoms with Crippen LogP contribution in [-0.2, 0) is 9.84 Å². The van der Waals surface area contributed by atoms with E-state index in [0.717, 1.165) is 23.7 Å². The number of halogens is 2. The van der Waals surface area contributed by atoms with Gasteiger partial charge >= 0.3 is 0 Å². The van der Waals surface area contributed by atoms with E-state index < -0.39 is 9.84 Å². The first-order valence-corrected chi connectivity index (χ1v) is 9.12. The Hall–Kier alpha value is -0.400. The monoisotopic (exact) mass is 367 g/mol. The molecule has 1 N–H and O–H groups in total. The minimum Gasteiger partial charge on any atom is -0.366 e. The lowest BCUT2D eigenvalue weighted by Crippen LogP contribution is -2.34. The van der Waals surface area contributed by atoms with Crippen LogP contribution in [-0.4, -0.2) is 35.9 Å². The minimum absolute atomic E-state index is 0.0933. The highest BCUT2D eigenvalue weighted by Gasteiger charge is 2.29. The van der Waals surface area contributed by atoms with Crippen LogP contribution in [0.1, 0.15) is 25.7 Å². The Kier molecular flexibility index (Phi) is 4.68. The number of hydrogen-bond donors (Lipinski definition) is 1. The molecule has 1 aromatic heterocycles. The smallest absolute Gasteiger partial charge is 0.224 e. The summed E-state index contributed by atoms with van der Waals surface area (Å²) in [6.45, 7) is 0. The molecule has 0 aromatic carbocycles. The van der Waals surface area contributed by atoms with Gasteiger partial charge in [-0.15, -0.1) is 0 Å². The first-order valence-electron chi connectivity index (χ1n) is 5.99. The Balaban J connectivity index is 2.09. The summed E-state index contributed by atoms with van der Waals surface area (Å²) in [7, 11) is -2.98. The molecule has 0 aliphatic heterocycles. The van der Waals surface area contributed by atoms with E-state index in [2.05, 4.69) is 31.2 Å². The molecule has 0 amide bonds. The predicted octanol–water partition coefficient (Wildman–Crippen LogP) is 2.66. The maximum Gasteiger partial charge on any atom is 0.224 e. The highest BCUT2D eigenvalue weighted by atomic mass is 79.9. The quantitative estimate of drug-likeness (QED) is 0.830. The van der Waals surface area contributed by atoms with Gasteiger partial charge in [-0.25, -0.2) is 13.4 Å². The van der Waals surface area contributed by atoms with Gasteiger partial charge in [0.1, 0.15) is 15.7 Å². The minimum atomic E-state index is -2.98. The van der Waals surface area contributed by atoms with Crippen LogP contribution in [0.2, 0.25) is 5.28 Å². The molecule has 1 aliphatic carbocycles. The van der Waals surface area contributed by atoms with E-state index in [1.54, 1.807) is 6.20 Å². The first kappa shape index (κ1) is 15.0. The molecule has 1 aliphatic rings. The number of sulfone groups is 1. The molecule has 2 atom stereocenters. The van der Waals surface area contributed by atoms with Gasteiger partial charge in [-0.1, -0.05) is 6.42 Å². The molecular weight excluding hydrogens is 354 g/mol. The van der Waals surface area contributed by atoms with Gasteiger partial charge < -0.3 is 5.32 Å². The van der Waals surface area contributed by atoms with Crippen LogP contribution < -0.4 is 5.32 Å². The van der Waals surface area contributed by atoms with Crippen molar-refractivity contribution in [1.29, 1.82) is 0 Å². The van der Waals surface area contributed by atoms with Crippen LogP contribution in [0.5, 0.6) is 0 Å². The fraction of sp³-hybridized carbons (Fsp3) is 0.636. The van der Waals surface area contributed by atoms with Crippen molar-refractivity contribution in [1.82, 2.24) is 9.97 Å². The molecule has 0 spiro atoms. The number of hydrogen-bond acceptors (Lipinski definition) is 5. The zero-order chi connectivity index (χ0) is 14.0. The van der Waals surface area contributed by atoms with Gasteiger partial charge in [-0.05, 0) is 46.8 Å². The summed E-state index contributed by atoms with van der Waals surface area (Å²) in [5.74, 6) is 0.610. The Morgan fingerprint density at radius 3 is 2.89 bits per heavy atom. The van der Waals surface area contributed by atoms with Crippen LogP contribution in [0.15, 0.2) is 10.7 Å². The standard InChI is InChI=1S/C11H15BrClN3O2S/c1-19(17,18)8-4-2-3-7(5-8)15-10-9(12)6-14-11(13)16-10/h6-8H,2-5H2,1H3,(H,14,15,16)/t7-,8?/m0/s1. The van der Waals surface area contributed by atoms with E-state index in [9.17, 15) is 8.42 Å². The molecule has 0 bridgehead atoms. The molecule has 0 saturated heterocycles. The number of rotatable bonds is 3. The Bertz CT molecular complexity index is 567. The van der Waals surface area contributed by atoms with E-state index >= 15 is 0 Å². The average molecular weight is 369 g/mol. The van der Waals surface area contributed by atoms with Gasteiger partial charge in [-0.2, -0.15) is 4.98 Å². The third-order valence-corrected chi connectivity index (χ3v) is 5.69. The molecule has 1 unspecified atom stereocenters. The molecule has 1 fully saturated rings. The van der Waals surface area contributed by atoms with Gasteiger partial charge in [0, 0.05) is 18.5 Å². The van der Waals surface area contributed by atoms with Crippen molar-refractivity contribution in [2.45, 2.75) is 37.0 Å². The summed E-state index contributed by atoms with van der Waals surface area (Å²) in [6.07, 6.45) is 6.05. The van der Waals surface area contributed by atoms with Crippen molar-refractivity contribution >= 4 is 43.2 Å². The number of nitrogens with one attached hydrogen (secondary N) is 1.